The smallest absolute Gasteiger partial charge is 0.249 e. The van der Waals surface area contributed by atoms with Crippen LogP contribution in [0.1, 0.15) is 11.1 Å². The van der Waals surface area contributed by atoms with E-state index in [2.05, 4.69) is 5.32 Å². The van der Waals surface area contributed by atoms with Gasteiger partial charge in [-0.15, -0.1) is 0 Å². The minimum absolute atomic E-state index is 0.254. The molecule has 1 N–H and O–H groups in total. The summed E-state index contributed by atoms with van der Waals surface area (Å²) in [6.45, 7) is 2.00. The highest BCUT2D eigenvalue weighted by Gasteiger charge is 2.16. The highest BCUT2D eigenvalue weighted by Crippen LogP contribution is 2.30. The number of pyridine rings is 1. The number of nitrogens with zero attached hydrogens (tertiary/aromatic N) is 2. The summed E-state index contributed by atoms with van der Waals surface area (Å²) in [6, 6.07) is 19.2. The molecule has 0 aliphatic heterocycles. The van der Waals surface area contributed by atoms with E-state index in [0.717, 1.165) is 28.0 Å². The average molecular weight is 413 g/mol. The molecule has 0 bridgehead atoms. The number of nitrogens with one attached hydrogen (secondary N) is 1. The van der Waals surface area contributed by atoms with Crippen LogP contribution in [-0.2, 0) is 4.79 Å². The van der Waals surface area contributed by atoms with E-state index in [4.69, 9.17) is 14.5 Å². The van der Waals surface area contributed by atoms with E-state index in [1.165, 1.54) is 6.08 Å². The Morgan fingerprint density at radius 3 is 2.52 bits per heavy atom. The summed E-state index contributed by atoms with van der Waals surface area (Å²) < 4.78 is 12.5. The summed E-state index contributed by atoms with van der Waals surface area (Å²) in [5.41, 5.74) is 4.32. The van der Waals surface area contributed by atoms with E-state index in [9.17, 15) is 4.79 Å². The largest absolute Gasteiger partial charge is 0.493 e. The van der Waals surface area contributed by atoms with Gasteiger partial charge in [-0.05, 0) is 42.3 Å². The third-order valence-corrected chi connectivity index (χ3v) is 4.97. The Hall–Kier alpha value is -4.06. The van der Waals surface area contributed by atoms with Crippen LogP contribution in [0.3, 0.4) is 0 Å². The molecule has 0 saturated carbocycles. The zero-order chi connectivity index (χ0) is 21.8. The fraction of sp³-hybridized carbons (Fsp3) is 0.120. The van der Waals surface area contributed by atoms with Gasteiger partial charge in [-0.2, -0.15) is 0 Å². The number of methoxy groups -OCH3 is 2. The summed E-state index contributed by atoms with van der Waals surface area (Å²) in [7, 11) is 3.17. The van der Waals surface area contributed by atoms with Crippen molar-refractivity contribution in [3.63, 3.8) is 0 Å². The fourth-order valence-corrected chi connectivity index (χ4v) is 3.41. The Balaban J connectivity index is 1.66. The molecule has 2 aromatic carbocycles. The number of benzene rings is 2. The lowest BCUT2D eigenvalue weighted by atomic mass is 10.1. The van der Waals surface area contributed by atoms with Crippen molar-refractivity contribution in [3.8, 4) is 22.8 Å². The predicted octanol–water partition coefficient (Wildman–Crippen LogP) is 4.98. The minimum atomic E-state index is -0.254. The first kappa shape index (κ1) is 20.2. The highest BCUT2D eigenvalue weighted by molar-refractivity contribution is 6.03. The number of ether oxygens (including phenoxy) is 2. The van der Waals surface area contributed by atoms with E-state index in [1.54, 1.807) is 26.4 Å². The predicted molar refractivity (Wildman–Crippen MR) is 123 cm³/mol. The molecule has 0 saturated heterocycles. The minimum Gasteiger partial charge on any atom is -0.493 e. The molecule has 4 aromatic rings. The van der Waals surface area contributed by atoms with E-state index in [-0.39, 0.29) is 5.91 Å². The fourth-order valence-electron chi connectivity index (χ4n) is 3.41. The molecular weight excluding hydrogens is 390 g/mol. The molecular formula is C25H23N3O3. The second kappa shape index (κ2) is 8.75. The Morgan fingerprint density at radius 2 is 1.77 bits per heavy atom. The standard InChI is InChI=1S/C25H23N3O3/c1-17-8-7-15-28-24(17)27-23(19-9-5-4-6-10-19)25(28)26-22(29)14-12-18-11-13-20(30-2)21(16-18)31-3/h4-16H,1-3H3,(H,26,29)/b14-12+. The highest BCUT2D eigenvalue weighted by atomic mass is 16.5. The van der Waals surface area contributed by atoms with E-state index in [0.29, 0.717) is 17.3 Å². The van der Waals surface area contributed by atoms with Gasteiger partial charge in [0.05, 0.1) is 14.2 Å². The van der Waals surface area contributed by atoms with Crippen LogP contribution in [0.25, 0.3) is 23.0 Å². The number of hydrogen-bond donors (Lipinski definition) is 1. The van der Waals surface area contributed by atoms with Crippen molar-refractivity contribution in [2.75, 3.05) is 19.5 Å². The molecule has 0 spiro atoms. The van der Waals surface area contributed by atoms with Gasteiger partial charge in [0.15, 0.2) is 11.5 Å². The molecule has 0 radical (unpaired) electrons. The van der Waals surface area contributed by atoms with Crippen molar-refractivity contribution < 1.29 is 14.3 Å². The molecule has 2 heterocycles. The number of imidazole rings is 1. The molecule has 0 unspecified atom stereocenters. The number of carbonyl (C=O) groups is 1. The van der Waals surface area contributed by atoms with E-state index < -0.39 is 0 Å². The van der Waals surface area contributed by atoms with Crippen LogP contribution in [0.15, 0.2) is 72.9 Å². The Labute approximate surface area is 180 Å². The second-order valence-electron chi connectivity index (χ2n) is 7.00. The van der Waals surface area contributed by atoms with Crippen molar-refractivity contribution in [2.45, 2.75) is 6.92 Å². The monoisotopic (exact) mass is 413 g/mol. The maximum atomic E-state index is 12.8. The quantitative estimate of drug-likeness (QED) is 0.453. The molecule has 0 fully saturated rings. The number of hydrogen-bond acceptors (Lipinski definition) is 4. The van der Waals surface area contributed by atoms with Crippen molar-refractivity contribution in [1.29, 1.82) is 0 Å². The number of anilines is 1. The van der Waals surface area contributed by atoms with Gasteiger partial charge in [0.2, 0.25) is 5.91 Å². The van der Waals surface area contributed by atoms with Crippen LogP contribution < -0.4 is 14.8 Å². The van der Waals surface area contributed by atoms with Crippen molar-refractivity contribution in [3.05, 3.63) is 84.1 Å². The number of rotatable bonds is 6. The van der Waals surface area contributed by atoms with Gasteiger partial charge in [0.25, 0.3) is 0 Å². The van der Waals surface area contributed by atoms with Crippen LogP contribution in [0.5, 0.6) is 11.5 Å². The number of aromatic nitrogens is 2. The normalized spacial score (nSPS) is 11.1. The van der Waals surface area contributed by atoms with Crippen LogP contribution in [0.2, 0.25) is 0 Å². The zero-order valence-corrected chi connectivity index (χ0v) is 17.6. The first-order valence-corrected chi connectivity index (χ1v) is 9.85. The maximum absolute atomic E-state index is 12.8. The summed E-state index contributed by atoms with van der Waals surface area (Å²) in [5.74, 6) is 1.62. The van der Waals surface area contributed by atoms with E-state index >= 15 is 0 Å². The molecule has 31 heavy (non-hydrogen) atoms. The molecule has 6 heteroatoms. The maximum Gasteiger partial charge on any atom is 0.249 e. The molecule has 156 valence electrons. The Bertz CT molecular complexity index is 1260. The molecule has 0 aliphatic rings. The molecule has 6 nitrogen and oxygen atoms in total. The number of fused-ring (bicyclic) bond motifs is 1. The van der Waals surface area contributed by atoms with Gasteiger partial charge in [0, 0.05) is 17.8 Å². The van der Waals surface area contributed by atoms with E-state index in [1.807, 2.05) is 72.1 Å². The summed E-state index contributed by atoms with van der Waals surface area (Å²) in [6.07, 6.45) is 5.12. The Morgan fingerprint density at radius 1 is 1.00 bits per heavy atom. The molecule has 4 rings (SSSR count). The lowest BCUT2D eigenvalue weighted by Crippen LogP contribution is -2.10. The topological polar surface area (TPSA) is 64.9 Å². The van der Waals surface area contributed by atoms with Gasteiger partial charge >= 0.3 is 0 Å². The zero-order valence-electron chi connectivity index (χ0n) is 17.6. The first-order chi connectivity index (χ1) is 15.1. The van der Waals surface area contributed by atoms with Gasteiger partial charge < -0.3 is 14.8 Å². The van der Waals surface area contributed by atoms with Crippen LogP contribution in [0, 0.1) is 6.92 Å². The summed E-state index contributed by atoms with van der Waals surface area (Å²) in [4.78, 5) is 17.6. The van der Waals surface area contributed by atoms with Gasteiger partial charge in [-0.25, -0.2) is 4.98 Å². The lowest BCUT2D eigenvalue weighted by molar-refractivity contribution is -0.111. The van der Waals surface area contributed by atoms with Crippen molar-refractivity contribution >= 4 is 23.4 Å². The lowest BCUT2D eigenvalue weighted by Gasteiger charge is -2.08. The molecule has 2 aromatic heterocycles. The summed E-state index contributed by atoms with van der Waals surface area (Å²) >= 11 is 0. The Kier molecular flexibility index (Phi) is 5.71. The first-order valence-electron chi connectivity index (χ1n) is 9.85. The molecule has 1 amide bonds. The van der Waals surface area contributed by atoms with Crippen LogP contribution in [0.4, 0.5) is 5.82 Å². The molecule has 0 aliphatic carbocycles. The SMILES string of the molecule is COc1ccc(/C=C/C(=O)Nc2c(-c3ccccc3)nc3c(C)cccn23)cc1OC. The van der Waals surface area contributed by atoms with Crippen molar-refractivity contribution in [2.24, 2.45) is 0 Å². The second-order valence-corrected chi connectivity index (χ2v) is 7.00. The van der Waals surface area contributed by atoms with Crippen molar-refractivity contribution in [1.82, 2.24) is 9.38 Å². The van der Waals surface area contributed by atoms with Crippen LogP contribution >= 0.6 is 0 Å². The summed E-state index contributed by atoms with van der Waals surface area (Å²) in [5, 5.41) is 3.00. The number of aryl methyl sites for hydroxylation is 1. The van der Waals surface area contributed by atoms with Gasteiger partial charge in [-0.3, -0.25) is 9.20 Å². The average Bonchev–Trinajstić information content (AvgIpc) is 3.17. The van der Waals surface area contributed by atoms with Crippen LogP contribution in [-0.4, -0.2) is 29.5 Å². The number of carbonyl (C=O) groups excluding carboxylic acids is 1. The third kappa shape index (κ3) is 4.14. The molecule has 0 atom stereocenters. The number of amides is 1. The third-order valence-electron chi connectivity index (χ3n) is 4.97. The van der Waals surface area contributed by atoms with Gasteiger partial charge in [0.1, 0.15) is 17.2 Å². The van der Waals surface area contributed by atoms with Gasteiger partial charge in [-0.1, -0.05) is 42.5 Å².